The number of ether oxygens (including phenoxy) is 2. The first-order valence-electron chi connectivity index (χ1n) is 11.5. The number of hydrogen-bond donors (Lipinski definition) is 0. The molecule has 3 saturated carbocycles. The van der Waals surface area contributed by atoms with E-state index < -0.39 is 0 Å². The fraction of sp³-hybridized carbons (Fsp3) is 0.875. The third kappa shape index (κ3) is 2.87. The van der Waals surface area contributed by atoms with Gasteiger partial charge in [-0.3, -0.25) is 4.79 Å². The summed E-state index contributed by atoms with van der Waals surface area (Å²) in [6.45, 7) is 5.67. The van der Waals surface area contributed by atoms with Crippen molar-refractivity contribution in [2.24, 2.45) is 28.6 Å². The van der Waals surface area contributed by atoms with Crippen LogP contribution in [0.25, 0.3) is 0 Å². The maximum absolute atomic E-state index is 12.6. The SMILES string of the molecule is C[C@@]12CC[C@H]3[C@H](CC=C4C[C@@H](O[C@@H]5CCCCO5)CC[C@@]43C)[C@@H]1CCC2=O. The molecule has 150 valence electrons. The maximum Gasteiger partial charge on any atom is 0.157 e. The molecule has 4 aliphatic carbocycles. The Morgan fingerprint density at radius 1 is 1.04 bits per heavy atom. The lowest BCUT2D eigenvalue weighted by molar-refractivity contribution is -0.195. The molecule has 0 radical (unpaired) electrons. The van der Waals surface area contributed by atoms with Crippen LogP contribution in [-0.4, -0.2) is 24.8 Å². The van der Waals surface area contributed by atoms with Crippen LogP contribution in [0.1, 0.15) is 84.5 Å². The molecule has 1 heterocycles. The predicted octanol–water partition coefficient (Wildman–Crippen LogP) is 5.43. The van der Waals surface area contributed by atoms with E-state index in [1.807, 2.05) is 0 Å². The number of carbonyl (C=O) groups is 1. The Hall–Kier alpha value is -0.670. The van der Waals surface area contributed by atoms with E-state index in [-0.39, 0.29) is 11.7 Å². The predicted molar refractivity (Wildman–Crippen MR) is 105 cm³/mol. The second-order valence-electron chi connectivity index (χ2n) is 10.5. The average Bonchev–Trinajstić information content (AvgIpc) is 2.98. The lowest BCUT2D eigenvalue weighted by atomic mass is 9.48. The van der Waals surface area contributed by atoms with Gasteiger partial charge in [-0.1, -0.05) is 25.5 Å². The van der Waals surface area contributed by atoms with E-state index in [0.29, 0.717) is 23.2 Å². The van der Waals surface area contributed by atoms with E-state index in [0.717, 1.165) is 57.0 Å². The van der Waals surface area contributed by atoms with Crippen molar-refractivity contribution in [3.8, 4) is 0 Å². The van der Waals surface area contributed by atoms with Crippen LogP contribution >= 0.6 is 0 Å². The molecule has 5 rings (SSSR count). The first-order chi connectivity index (χ1) is 13.0. The molecule has 7 atom stereocenters. The van der Waals surface area contributed by atoms with E-state index in [2.05, 4.69) is 19.9 Å². The summed E-state index contributed by atoms with van der Waals surface area (Å²) in [4.78, 5) is 12.6. The number of allylic oxidation sites excluding steroid dienone is 1. The third-order valence-electron chi connectivity index (χ3n) is 9.25. The van der Waals surface area contributed by atoms with E-state index in [1.165, 1.54) is 32.1 Å². The van der Waals surface area contributed by atoms with Crippen LogP contribution in [0.3, 0.4) is 0 Å². The second kappa shape index (κ2) is 6.69. The van der Waals surface area contributed by atoms with Gasteiger partial charge in [0.25, 0.3) is 0 Å². The fourth-order valence-electron chi connectivity index (χ4n) is 7.55. The minimum absolute atomic E-state index is 0.0124. The van der Waals surface area contributed by atoms with Crippen molar-refractivity contribution in [1.82, 2.24) is 0 Å². The molecule has 4 fully saturated rings. The largest absolute Gasteiger partial charge is 0.353 e. The molecule has 0 unspecified atom stereocenters. The molecule has 0 amide bonds. The molecule has 3 heteroatoms. The van der Waals surface area contributed by atoms with Crippen LogP contribution in [0.4, 0.5) is 0 Å². The number of carbonyl (C=O) groups excluding carboxylic acids is 1. The highest BCUT2D eigenvalue weighted by Crippen LogP contribution is 2.64. The molecule has 1 aliphatic heterocycles. The minimum atomic E-state index is -0.0124. The second-order valence-corrected chi connectivity index (χ2v) is 10.5. The Balaban J connectivity index is 1.32. The highest BCUT2D eigenvalue weighted by Gasteiger charge is 2.58. The first kappa shape index (κ1) is 18.4. The molecule has 0 spiro atoms. The van der Waals surface area contributed by atoms with E-state index in [9.17, 15) is 4.79 Å². The Labute approximate surface area is 164 Å². The molecule has 0 aromatic carbocycles. The fourth-order valence-corrected chi connectivity index (χ4v) is 7.55. The van der Waals surface area contributed by atoms with Crippen LogP contribution in [0, 0.1) is 28.6 Å². The van der Waals surface area contributed by atoms with Gasteiger partial charge in [0.2, 0.25) is 0 Å². The molecular formula is C24H36O3. The topological polar surface area (TPSA) is 35.5 Å². The van der Waals surface area contributed by atoms with Crippen LogP contribution in [0.2, 0.25) is 0 Å². The normalized spacial score (nSPS) is 49.8. The van der Waals surface area contributed by atoms with Gasteiger partial charge in [-0.2, -0.15) is 0 Å². The minimum Gasteiger partial charge on any atom is -0.353 e. The molecule has 3 nitrogen and oxygen atoms in total. The highest BCUT2D eigenvalue weighted by atomic mass is 16.7. The summed E-state index contributed by atoms with van der Waals surface area (Å²) in [5.74, 6) is 2.68. The quantitative estimate of drug-likeness (QED) is 0.606. The highest BCUT2D eigenvalue weighted by molar-refractivity contribution is 5.87. The molecule has 0 aromatic heterocycles. The van der Waals surface area contributed by atoms with Crippen molar-refractivity contribution >= 4 is 5.78 Å². The summed E-state index contributed by atoms with van der Waals surface area (Å²) in [7, 11) is 0. The lowest BCUT2D eigenvalue weighted by Crippen LogP contribution is -2.50. The van der Waals surface area contributed by atoms with Gasteiger partial charge in [-0.05, 0) is 87.4 Å². The Morgan fingerprint density at radius 2 is 1.85 bits per heavy atom. The monoisotopic (exact) mass is 372 g/mol. The van der Waals surface area contributed by atoms with E-state index in [1.54, 1.807) is 5.57 Å². The molecule has 27 heavy (non-hydrogen) atoms. The van der Waals surface area contributed by atoms with Gasteiger partial charge in [-0.25, -0.2) is 0 Å². The molecule has 5 aliphatic rings. The van der Waals surface area contributed by atoms with Gasteiger partial charge >= 0.3 is 0 Å². The van der Waals surface area contributed by atoms with Crippen LogP contribution in [0.15, 0.2) is 11.6 Å². The van der Waals surface area contributed by atoms with Crippen molar-refractivity contribution in [2.45, 2.75) is 96.9 Å². The van der Waals surface area contributed by atoms with Gasteiger partial charge < -0.3 is 9.47 Å². The summed E-state index contributed by atoms with van der Waals surface area (Å²) in [6, 6.07) is 0. The van der Waals surface area contributed by atoms with Crippen molar-refractivity contribution < 1.29 is 14.3 Å². The zero-order chi connectivity index (χ0) is 18.6. The lowest BCUT2D eigenvalue weighted by Gasteiger charge is -2.57. The Bertz CT molecular complexity index is 634. The molecule has 0 N–H and O–H groups in total. The standard InChI is InChI=1S/C24H36O3/c1-23-12-10-17(27-22-5-3-4-14-26-22)15-16(23)6-7-18-19-8-9-21(25)24(19,2)13-11-20(18)23/h6,17-20,22H,3-5,7-15H2,1-2H3/t17-,18+,19-,20-,22+,23-,24+/m0/s1. The molecule has 0 bridgehead atoms. The van der Waals surface area contributed by atoms with Gasteiger partial charge in [0.05, 0.1) is 6.10 Å². The summed E-state index contributed by atoms with van der Waals surface area (Å²) in [6.07, 6.45) is 15.4. The van der Waals surface area contributed by atoms with Gasteiger partial charge in [0, 0.05) is 18.4 Å². The van der Waals surface area contributed by atoms with Crippen LogP contribution in [-0.2, 0) is 14.3 Å². The Morgan fingerprint density at radius 3 is 2.67 bits per heavy atom. The number of rotatable bonds is 2. The number of ketones is 1. The van der Waals surface area contributed by atoms with E-state index >= 15 is 0 Å². The van der Waals surface area contributed by atoms with Crippen molar-refractivity contribution in [1.29, 1.82) is 0 Å². The molecular weight excluding hydrogens is 336 g/mol. The average molecular weight is 373 g/mol. The van der Waals surface area contributed by atoms with E-state index in [4.69, 9.17) is 9.47 Å². The number of fused-ring (bicyclic) bond motifs is 5. The third-order valence-corrected chi connectivity index (χ3v) is 9.25. The van der Waals surface area contributed by atoms with Crippen LogP contribution < -0.4 is 0 Å². The zero-order valence-corrected chi connectivity index (χ0v) is 17.2. The number of hydrogen-bond acceptors (Lipinski definition) is 3. The molecule has 1 saturated heterocycles. The van der Waals surface area contributed by atoms with Crippen molar-refractivity contribution in [3.63, 3.8) is 0 Å². The summed E-state index contributed by atoms with van der Waals surface area (Å²) in [5, 5.41) is 0. The zero-order valence-electron chi connectivity index (χ0n) is 17.2. The summed E-state index contributed by atoms with van der Waals surface area (Å²) < 4.78 is 12.2. The number of Topliss-reactive ketones (excluding diaryl/α,β-unsaturated/α-hetero) is 1. The summed E-state index contributed by atoms with van der Waals surface area (Å²) in [5.41, 5.74) is 1.98. The van der Waals surface area contributed by atoms with Crippen LogP contribution in [0.5, 0.6) is 0 Å². The van der Waals surface area contributed by atoms with Crippen molar-refractivity contribution in [2.75, 3.05) is 6.61 Å². The van der Waals surface area contributed by atoms with Gasteiger partial charge in [-0.15, -0.1) is 0 Å². The van der Waals surface area contributed by atoms with Gasteiger partial charge in [0.15, 0.2) is 6.29 Å². The Kier molecular flexibility index (Phi) is 4.55. The summed E-state index contributed by atoms with van der Waals surface area (Å²) >= 11 is 0. The van der Waals surface area contributed by atoms with Crippen molar-refractivity contribution in [3.05, 3.63) is 11.6 Å². The smallest absolute Gasteiger partial charge is 0.157 e. The maximum atomic E-state index is 12.6. The molecule has 0 aromatic rings. The van der Waals surface area contributed by atoms with Gasteiger partial charge in [0.1, 0.15) is 5.78 Å². The first-order valence-corrected chi connectivity index (χ1v) is 11.5.